The molecule has 0 aromatic heterocycles. The van der Waals surface area contributed by atoms with Gasteiger partial charge in [0.25, 0.3) is 5.91 Å². The minimum Gasteiger partial charge on any atom is -0.494 e. The molecule has 1 atom stereocenters. The number of aryl methyl sites for hydroxylation is 1. The minimum absolute atomic E-state index is 0.0344. The first-order valence-electron chi connectivity index (χ1n) is 8.38. The van der Waals surface area contributed by atoms with Crippen molar-refractivity contribution in [3.8, 4) is 5.75 Å². The summed E-state index contributed by atoms with van der Waals surface area (Å²) in [4.78, 5) is 13.4. The van der Waals surface area contributed by atoms with Crippen LogP contribution in [0.5, 0.6) is 5.75 Å². The summed E-state index contributed by atoms with van der Waals surface area (Å²) >= 11 is 0. The second kappa shape index (κ2) is 8.50. The maximum absolute atomic E-state index is 12.3. The van der Waals surface area contributed by atoms with E-state index in [0.717, 1.165) is 28.4 Å². The molecule has 0 aliphatic carbocycles. The Morgan fingerprint density at radius 1 is 1.12 bits per heavy atom. The van der Waals surface area contributed by atoms with Crippen LogP contribution in [-0.2, 0) is 11.3 Å². The highest BCUT2D eigenvalue weighted by Gasteiger charge is 2.12. The molecule has 1 unspecified atom stereocenters. The number of carbonyl (C=O) groups excluding carboxylic acids is 1. The monoisotopic (exact) mass is 327 g/mol. The molecule has 4 nitrogen and oxygen atoms in total. The Labute approximate surface area is 144 Å². The van der Waals surface area contributed by atoms with E-state index in [-0.39, 0.29) is 5.91 Å². The van der Waals surface area contributed by atoms with Gasteiger partial charge in [0, 0.05) is 11.3 Å². The Balaban J connectivity index is 1.88. The van der Waals surface area contributed by atoms with Crippen molar-refractivity contribution in [2.24, 2.45) is 0 Å². The van der Waals surface area contributed by atoms with E-state index in [1.807, 2.05) is 58.2 Å². The van der Waals surface area contributed by atoms with E-state index in [4.69, 9.17) is 4.74 Å². The van der Waals surface area contributed by atoms with Crippen molar-refractivity contribution in [1.82, 2.24) is 0 Å². The van der Waals surface area contributed by atoms with Crippen LogP contribution in [-0.4, -0.2) is 26.1 Å². The number of ether oxygens (including phenoxy) is 1. The van der Waals surface area contributed by atoms with Crippen LogP contribution in [0.4, 0.5) is 5.69 Å². The van der Waals surface area contributed by atoms with Crippen LogP contribution in [0.15, 0.2) is 42.5 Å². The van der Waals surface area contributed by atoms with Gasteiger partial charge in [-0.25, -0.2) is 0 Å². The summed E-state index contributed by atoms with van der Waals surface area (Å²) in [5.41, 5.74) is 4.39. The molecule has 4 heteroatoms. The van der Waals surface area contributed by atoms with Gasteiger partial charge in [-0.05, 0) is 62.2 Å². The Hall–Kier alpha value is -2.33. The van der Waals surface area contributed by atoms with E-state index in [0.29, 0.717) is 13.2 Å². The number of likely N-dealkylation sites (N-methyl/N-ethyl adjacent to an activating group) is 1. The van der Waals surface area contributed by atoms with Crippen molar-refractivity contribution in [2.75, 3.05) is 25.5 Å². The van der Waals surface area contributed by atoms with Crippen molar-refractivity contribution in [1.29, 1.82) is 0 Å². The number of quaternary nitrogens is 1. The molecular weight excluding hydrogens is 300 g/mol. The quantitative estimate of drug-likeness (QED) is 0.820. The molecular formula is C20H27N2O2+. The molecule has 0 bridgehead atoms. The molecule has 24 heavy (non-hydrogen) atoms. The zero-order chi connectivity index (χ0) is 17.5. The van der Waals surface area contributed by atoms with Gasteiger partial charge in [0.05, 0.1) is 13.7 Å². The highest BCUT2D eigenvalue weighted by atomic mass is 16.5. The van der Waals surface area contributed by atoms with Crippen molar-refractivity contribution < 1.29 is 14.4 Å². The van der Waals surface area contributed by atoms with Crippen LogP contribution in [0.2, 0.25) is 0 Å². The summed E-state index contributed by atoms with van der Waals surface area (Å²) in [6.45, 7) is 7.95. The Kier molecular flexibility index (Phi) is 6.38. The Morgan fingerprint density at radius 2 is 1.83 bits per heavy atom. The second-order valence-electron chi connectivity index (χ2n) is 6.18. The summed E-state index contributed by atoms with van der Waals surface area (Å²) < 4.78 is 5.45. The molecule has 0 aliphatic heterocycles. The zero-order valence-electron chi connectivity index (χ0n) is 15.0. The van der Waals surface area contributed by atoms with Crippen LogP contribution in [0, 0.1) is 13.8 Å². The highest BCUT2D eigenvalue weighted by Crippen LogP contribution is 2.17. The molecule has 0 radical (unpaired) electrons. The zero-order valence-corrected chi connectivity index (χ0v) is 15.0. The lowest BCUT2D eigenvalue weighted by Gasteiger charge is -2.15. The molecule has 128 valence electrons. The fourth-order valence-corrected chi connectivity index (χ4v) is 2.64. The van der Waals surface area contributed by atoms with E-state index in [1.54, 1.807) is 0 Å². The lowest BCUT2D eigenvalue weighted by molar-refractivity contribution is -0.885. The summed E-state index contributed by atoms with van der Waals surface area (Å²) in [5.74, 6) is 0.915. The van der Waals surface area contributed by atoms with E-state index in [2.05, 4.69) is 17.4 Å². The van der Waals surface area contributed by atoms with Gasteiger partial charge < -0.3 is 15.0 Å². The Bertz CT molecular complexity index is 681. The van der Waals surface area contributed by atoms with Gasteiger partial charge in [0.1, 0.15) is 12.3 Å². The van der Waals surface area contributed by atoms with Crippen LogP contribution < -0.4 is 15.0 Å². The highest BCUT2D eigenvalue weighted by molar-refractivity contribution is 5.92. The van der Waals surface area contributed by atoms with Gasteiger partial charge in [0.2, 0.25) is 0 Å². The number of rotatable bonds is 7. The molecule has 2 aromatic carbocycles. The lowest BCUT2D eigenvalue weighted by Crippen LogP contribution is -3.08. The standard InChI is InChI=1S/C20H26N2O2/c1-5-24-18-11-9-17(10-12-18)13-22(4)14-20(23)21-19-8-6-7-15(2)16(19)3/h6-12H,5,13-14H2,1-4H3,(H,21,23)/p+1. The van der Waals surface area contributed by atoms with E-state index in [1.165, 1.54) is 11.1 Å². The average Bonchev–Trinajstić information content (AvgIpc) is 2.54. The van der Waals surface area contributed by atoms with Crippen LogP contribution in [0.3, 0.4) is 0 Å². The number of hydrogen-bond donors (Lipinski definition) is 2. The van der Waals surface area contributed by atoms with Gasteiger partial charge in [-0.3, -0.25) is 4.79 Å². The van der Waals surface area contributed by atoms with Gasteiger partial charge in [-0.1, -0.05) is 12.1 Å². The summed E-state index contributed by atoms with van der Waals surface area (Å²) in [7, 11) is 2.03. The number of nitrogens with one attached hydrogen (secondary N) is 2. The predicted octanol–water partition coefficient (Wildman–Crippen LogP) is 2.36. The molecule has 2 aromatic rings. The minimum atomic E-state index is 0.0344. The van der Waals surface area contributed by atoms with Gasteiger partial charge in [-0.2, -0.15) is 0 Å². The third-order valence-corrected chi connectivity index (χ3v) is 4.08. The summed E-state index contributed by atoms with van der Waals surface area (Å²) in [6.07, 6.45) is 0. The van der Waals surface area contributed by atoms with Crippen molar-refractivity contribution in [3.05, 3.63) is 59.2 Å². The third-order valence-electron chi connectivity index (χ3n) is 4.08. The number of amides is 1. The Morgan fingerprint density at radius 3 is 2.50 bits per heavy atom. The number of anilines is 1. The van der Waals surface area contributed by atoms with Crippen molar-refractivity contribution >= 4 is 11.6 Å². The van der Waals surface area contributed by atoms with Gasteiger partial charge >= 0.3 is 0 Å². The second-order valence-corrected chi connectivity index (χ2v) is 6.18. The van der Waals surface area contributed by atoms with Crippen molar-refractivity contribution in [2.45, 2.75) is 27.3 Å². The van der Waals surface area contributed by atoms with E-state index < -0.39 is 0 Å². The summed E-state index contributed by atoms with van der Waals surface area (Å²) in [6, 6.07) is 14.0. The lowest BCUT2D eigenvalue weighted by atomic mass is 10.1. The maximum atomic E-state index is 12.3. The van der Waals surface area contributed by atoms with E-state index in [9.17, 15) is 4.79 Å². The SMILES string of the molecule is CCOc1ccc(C[NH+](C)CC(=O)Nc2cccc(C)c2C)cc1. The number of carbonyl (C=O) groups is 1. The smallest absolute Gasteiger partial charge is 0.279 e. The molecule has 2 rings (SSSR count). The topological polar surface area (TPSA) is 42.8 Å². The summed E-state index contributed by atoms with van der Waals surface area (Å²) in [5, 5.41) is 3.01. The first-order valence-corrected chi connectivity index (χ1v) is 8.38. The number of hydrogen-bond acceptors (Lipinski definition) is 2. The van der Waals surface area contributed by atoms with Crippen molar-refractivity contribution in [3.63, 3.8) is 0 Å². The molecule has 1 amide bonds. The van der Waals surface area contributed by atoms with Crippen LogP contribution in [0.1, 0.15) is 23.6 Å². The molecule has 0 aliphatic rings. The number of benzene rings is 2. The molecule has 2 N–H and O–H groups in total. The fraction of sp³-hybridized carbons (Fsp3) is 0.350. The molecule has 0 spiro atoms. The average molecular weight is 327 g/mol. The largest absolute Gasteiger partial charge is 0.494 e. The predicted molar refractivity (Wildman–Crippen MR) is 97.6 cm³/mol. The molecule has 0 heterocycles. The van der Waals surface area contributed by atoms with Gasteiger partial charge in [0.15, 0.2) is 6.54 Å². The molecule has 0 fully saturated rings. The normalized spacial score (nSPS) is 11.8. The van der Waals surface area contributed by atoms with E-state index >= 15 is 0 Å². The fourth-order valence-electron chi connectivity index (χ4n) is 2.64. The van der Waals surface area contributed by atoms with Crippen LogP contribution in [0.25, 0.3) is 0 Å². The first-order chi connectivity index (χ1) is 11.5. The molecule has 0 saturated carbocycles. The first kappa shape index (κ1) is 18.0. The molecule has 0 saturated heterocycles. The van der Waals surface area contributed by atoms with Gasteiger partial charge in [-0.15, -0.1) is 0 Å². The third kappa shape index (κ3) is 5.10. The maximum Gasteiger partial charge on any atom is 0.279 e. The van der Waals surface area contributed by atoms with Crippen LogP contribution >= 0.6 is 0 Å².